The molecule has 0 saturated heterocycles. The fraction of sp³-hybridized carbons (Fsp3) is 0.429. The molecule has 1 aliphatic rings. The number of ether oxygens (including phenoxy) is 1. The fourth-order valence-electron chi connectivity index (χ4n) is 0.346. The van der Waals surface area contributed by atoms with Crippen LogP contribution in [0.25, 0.3) is 0 Å². The number of hydrogen-bond acceptors (Lipinski definition) is 3. The van der Waals surface area contributed by atoms with Gasteiger partial charge in [0, 0.05) is 0 Å². The summed E-state index contributed by atoms with van der Waals surface area (Å²) in [6.45, 7) is 0.483. The Kier molecular flexibility index (Phi) is 7.54. The first-order valence-corrected chi connectivity index (χ1v) is 3.07. The quantitative estimate of drug-likeness (QED) is 0.547. The van der Waals surface area contributed by atoms with Gasteiger partial charge in [-0.05, 0) is 12.2 Å². The molecule has 1 heterocycles. The van der Waals surface area contributed by atoms with Crippen molar-refractivity contribution >= 4 is 0 Å². The first-order chi connectivity index (χ1) is 4.91. The molecule has 0 fully saturated rings. The SMILES string of the molecule is C1=CCOC=C1.OCCO. The number of allylic oxidation sites excluding steroid dienone is 2. The van der Waals surface area contributed by atoms with Crippen LogP contribution in [0.4, 0.5) is 0 Å². The van der Waals surface area contributed by atoms with Gasteiger partial charge in [-0.15, -0.1) is 0 Å². The number of aliphatic hydroxyl groups excluding tert-OH is 2. The third kappa shape index (κ3) is 7.20. The Morgan fingerprint density at radius 1 is 1.20 bits per heavy atom. The lowest BCUT2D eigenvalue weighted by atomic mass is 10.5. The molecule has 0 aromatic rings. The molecule has 1 rings (SSSR count). The molecule has 58 valence electrons. The van der Waals surface area contributed by atoms with Crippen molar-refractivity contribution in [3.8, 4) is 0 Å². The summed E-state index contributed by atoms with van der Waals surface area (Å²) in [7, 11) is 0. The van der Waals surface area contributed by atoms with Crippen LogP contribution < -0.4 is 0 Å². The molecule has 0 spiro atoms. The lowest BCUT2D eigenvalue weighted by molar-refractivity contribution is 0.186. The second kappa shape index (κ2) is 8.20. The normalized spacial score (nSPS) is 13.4. The Morgan fingerprint density at radius 3 is 2.00 bits per heavy atom. The third-order valence-electron chi connectivity index (χ3n) is 0.714. The third-order valence-corrected chi connectivity index (χ3v) is 0.714. The molecule has 10 heavy (non-hydrogen) atoms. The molecule has 0 aliphatic carbocycles. The van der Waals surface area contributed by atoms with Crippen LogP contribution in [0.3, 0.4) is 0 Å². The molecule has 2 N–H and O–H groups in total. The standard InChI is InChI=1S/C5H6O.C2H6O2/c1-2-4-6-5-3-1;3-1-2-4/h1-4H,5H2;3-4H,1-2H2. The minimum absolute atomic E-state index is 0.125. The Balaban J connectivity index is 0.000000180. The molecule has 1 aliphatic heterocycles. The highest BCUT2D eigenvalue weighted by molar-refractivity contribution is 5.02. The molecule has 0 atom stereocenters. The van der Waals surface area contributed by atoms with Crippen LogP contribution in [0.2, 0.25) is 0 Å². The Hall–Kier alpha value is -0.800. The fourth-order valence-corrected chi connectivity index (χ4v) is 0.346. The summed E-state index contributed by atoms with van der Waals surface area (Å²) in [6.07, 6.45) is 7.47. The smallest absolute Gasteiger partial charge is 0.106 e. The van der Waals surface area contributed by atoms with E-state index >= 15 is 0 Å². The summed E-state index contributed by atoms with van der Waals surface area (Å²) in [5, 5.41) is 15.2. The van der Waals surface area contributed by atoms with Gasteiger partial charge in [0.1, 0.15) is 6.61 Å². The first-order valence-electron chi connectivity index (χ1n) is 3.07. The van der Waals surface area contributed by atoms with Crippen molar-refractivity contribution in [3.05, 3.63) is 24.5 Å². The van der Waals surface area contributed by atoms with Gasteiger partial charge in [-0.2, -0.15) is 0 Å². The van der Waals surface area contributed by atoms with E-state index in [0.717, 1.165) is 6.61 Å². The zero-order chi connectivity index (χ0) is 7.66. The van der Waals surface area contributed by atoms with Crippen molar-refractivity contribution < 1.29 is 14.9 Å². The summed E-state index contributed by atoms with van der Waals surface area (Å²) in [4.78, 5) is 0. The zero-order valence-electron chi connectivity index (χ0n) is 5.73. The Morgan fingerprint density at radius 2 is 1.90 bits per heavy atom. The number of aliphatic hydroxyl groups is 2. The van der Waals surface area contributed by atoms with Crippen LogP contribution in [0, 0.1) is 0 Å². The van der Waals surface area contributed by atoms with E-state index in [2.05, 4.69) is 0 Å². The minimum atomic E-state index is -0.125. The van der Waals surface area contributed by atoms with Crippen LogP contribution in [-0.4, -0.2) is 30.0 Å². The van der Waals surface area contributed by atoms with Crippen molar-refractivity contribution in [2.75, 3.05) is 19.8 Å². The summed E-state index contributed by atoms with van der Waals surface area (Å²) < 4.78 is 4.80. The molecule has 3 heteroatoms. The molecule has 0 aromatic heterocycles. The van der Waals surface area contributed by atoms with Gasteiger partial charge >= 0.3 is 0 Å². The summed E-state index contributed by atoms with van der Waals surface area (Å²) in [6, 6.07) is 0. The summed E-state index contributed by atoms with van der Waals surface area (Å²) in [5.74, 6) is 0. The van der Waals surface area contributed by atoms with E-state index in [1.807, 2.05) is 18.2 Å². The van der Waals surface area contributed by atoms with E-state index in [9.17, 15) is 0 Å². The predicted molar refractivity (Wildman–Crippen MR) is 38.4 cm³/mol. The predicted octanol–water partition coefficient (Wildman–Crippen LogP) is 0.0575. The van der Waals surface area contributed by atoms with Crippen molar-refractivity contribution in [3.63, 3.8) is 0 Å². The van der Waals surface area contributed by atoms with Crippen LogP contribution in [0.15, 0.2) is 24.5 Å². The first kappa shape index (κ1) is 9.20. The van der Waals surface area contributed by atoms with Crippen molar-refractivity contribution in [2.24, 2.45) is 0 Å². The number of rotatable bonds is 1. The maximum Gasteiger partial charge on any atom is 0.106 e. The zero-order valence-corrected chi connectivity index (χ0v) is 5.73. The van der Waals surface area contributed by atoms with Gasteiger partial charge in [0.05, 0.1) is 19.5 Å². The second-order valence-corrected chi connectivity index (χ2v) is 1.54. The average molecular weight is 144 g/mol. The minimum Gasteiger partial charge on any atom is -0.497 e. The molecule has 3 nitrogen and oxygen atoms in total. The van der Waals surface area contributed by atoms with Crippen LogP contribution >= 0.6 is 0 Å². The maximum atomic E-state index is 7.62. The van der Waals surface area contributed by atoms with Gasteiger partial charge in [0.2, 0.25) is 0 Å². The Bertz CT molecular complexity index is 93.4. The molecule has 0 radical (unpaired) electrons. The summed E-state index contributed by atoms with van der Waals surface area (Å²) in [5.41, 5.74) is 0. The van der Waals surface area contributed by atoms with E-state index in [4.69, 9.17) is 14.9 Å². The highest BCUT2D eigenvalue weighted by Gasteiger charge is 1.75. The van der Waals surface area contributed by atoms with Gasteiger partial charge in [-0.1, -0.05) is 6.08 Å². The molecular weight excluding hydrogens is 132 g/mol. The van der Waals surface area contributed by atoms with Gasteiger partial charge in [-0.25, -0.2) is 0 Å². The lowest BCUT2D eigenvalue weighted by Gasteiger charge is -1.94. The van der Waals surface area contributed by atoms with Gasteiger partial charge in [0.25, 0.3) is 0 Å². The second-order valence-electron chi connectivity index (χ2n) is 1.54. The van der Waals surface area contributed by atoms with E-state index in [1.165, 1.54) is 0 Å². The van der Waals surface area contributed by atoms with E-state index in [-0.39, 0.29) is 13.2 Å². The molecule has 0 amide bonds. The van der Waals surface area contributed by atoms with Crippen LogP contribution in [0.5, 0.6) is 0 Å². The summed E-state index contributed by atoms with van der Waals surface area (Å²) >= 11 is 0. The van der Waals surface area contributed by atoms with Crippen molar-refractivity contribution in [1.82, 2.24) is 0 Å². The Labute approximate surface area is 60.3 Å². The van der Waals surface area contributed by atoms with Gasteiger partial charge in [0.15, 0.2) is 0 Å². The van der Waals surface area contributed by atoms with Crippen molar-refractivity contribution in [1.29, 1.82) is 0 Å². The maximum absolute atomic E-state index is 7.62. The van der Waals surface area contributed by atoms with Crippen LogP contribution in [-0.2, 0) is 4.74 Å². The largest absolute Gasteiger partial charge is 0.497 e. The van der Waals surface area contributed by atoms with Gasteiger partial charge in [-0.3, -0.25) is 0 Å². The molecule has 0 bridgehead atoms. The van der Waals surface area contributed by atoms with E-state index in [0.29, 0.717) is 0 Å². The highest BCUT2D eigenvalue weighted by atomic mass is 16.5. The monoisotopic (exact) mass is 144 g/mol. The molecule has 0 unspecified atom stereocenters. The highest BCUT2D eigenvalue weighted by Crippen LogP contribution is 1.87. The molecule has 0 aromatic carbocycles. The van der Waals surface area contributed by atoms with E-state index < -0.39 is 0 Å². The lowest BCUT2D eigenvalue weighted by Crippen LogP contribution is -1.85. The van der Waals surface area contributed by atoms with Gasteiger partial charge < -0.3 is 14.9 Å². The topological polar surface area (TPSA) is 49.7 Å². The molecular formula is C7H12O3. The van der Waals surface area contributed by atoms with Crippen molar-refractivity contribution in [2.45, 2.75) is 0 Å². The molecule has 0 saturated carbocycles. The number of hydrogen-bond donors (Lipinski definition) is 2. The van der Waals surface area contributed by atoms with E-state index in [1.54, 1.807) is 6.26 Å². The average Bonchev–Trinajstić information content (AvgIpc) is 2.08. The van der Waals surface area contributed by atoms with Crippen LogP contribution in [0.1, 0.15) is 0 Å².